The molecule has 224 valence electrons. The SMILES string of the molecule is CC(C)(C)OC(=O)N(CCc1csc(CN2CCC3(CC2)CNCCO3)c1)C[C@H](O)c1ccc(O)c2[nH]c(=O)sc12. The summed E-state index contributed by atoms with van der Waals surface area (Å²) in [6, 6.07) is 5.23. The van der Waals surface area contributed by atoms with E-state index in [0.717, 1.165) is 69.1 Å². The molecule has 10 nitrogen and oxygen atoms in total. The second-order valence-corrected chi connectivity index (χ2v) is 14.0. The third kappa shape index (κ3) is 7.49. The number of phenols is 1. The van der Waals surface area contributed by atoms with Crippen molar-refractivity contribution in [3.8, 4) is 5.75 Å². The number of hydrogen-bond donors (Lipinski definition) is 4. The number of nitrogens with one attached hydrogen (secondary N) is 2. The Morgan fingerprint density at radius 1 is 1.29 bits per heavy atom. The molecule has 4 N–H and O–H groups in total. The number of benzene rings is 1. The maximum Gasteiger partial charge on any atom is 0.410 e. The van der Waals surface area contributed by atoms with E-state index in [2.05, 4.69) is 26.6 Å². The number of aromatic hydroxyl groups is 1. The van der Waals surface area contributed by atoms with Crippen LogP contribution in [0.15, 0.2) is 28.4 Å². The molecule has 0 aliphatic carbocycles. The van der Waals surface area contributed by atoms with E-state index >= 15 is 0 Å². The third-order valence-electron chi connectivity index (χ3n) is 7.65. The van der Waals surface area contributed by atoms with E-state index in [-0.39, 0.29) is 28.3 Å². The number of aromatic amines is 1. The summed E-state index contributed by atoms with van der Waals surface area (Å²) >= 11 is 2.65. The number of carbonyl (C=O) groups excluding carboxylic acids is 1. The van der Waals surface area contributed by atoms with Gasteiger partial charge in [-0.15, -0.1) is 11.3 Å². The lowest BCUT2D eigenvalue weighted by molar-refractivity contribution is -0.100. The highest BCUT2D eigenvalue weighted by Gasteiger charge is 2.37. The number of morpholine rings is 1. The summed E-state index contributed by atoms with van der Waals surface area (Å²) in [5, 5.41) is 26.9. The average Bonchev–Trinajstić information content (AvgIpc) is 3.54. The van der Waals surface area contributed by atoms with Gasteiger partial charge in [-0.1, -0.05) is 17.4 Å². The van der Waals surface area contributed by atoms with Gasteiger partial charge in [0.05, 0.1) is 29.6 Å². The number of phenolic OH excluding ortho intramolecular Hbond substituents is 1. The van der Waals surface area contributed by atoms with Crippen LogP contribution < -0.4 is 10.2 Å². The molecule has 0 unspecified atom stereocenters. The molecule has 0 radical (unpaired) electrons. The lowest BCUT2D eigenvalue weighted by Crippen LogP contribution is -2.55. The fourth-order valence-electron chi connectivity index (χ4n) is 5.46. The number of hydrogen-bond acceptors (Lipinski definition) is 10. The summed E-state index contributed by atoms with van der Waals surface area (Å²) in [6.07, 6.45) is 1.12. The zero-order chi connectivity index (χ0) is 29.2. The molecule has 12 heteroatoms. The quantitative estimate of drug-likeness (QED) is 0.306. The molecule has 2 fully saturated rings. The van der Waals surface area contributed by atoms with Crippen LogP contribution in [0.25, 0.3) is 10.2 Å². The van der Waals surface area contributed by atoms with E-state index in [1.54, 1.807) is 17.4 Å². The number of thiophene rings is 1. The molecule has 1 spiro atoms. The number of aromatic nitrogens is 1. The molecule has 2 aliphatic heterocycles. The van der Waals surface area contributed by atoms with Crippen LogP contribution in [0, 0.1) is 0 Å². The summed E-state index contributed by atoms with van der Waals surface area (Å²) in [5.41, 5.74) is 1.21. The molecule has 2 saturated heterocycles. The van der Waals surface area contributed by atoms with Crippen LogP contribution in [0.3, 0.4) is 0 Å². The first-order chi connectivity index (χ1) is 19.5. The first-order valence-corrected chi connectivity index (χ1v) is 15.8. The van der Waals surface area contributed by atoms with Crippen molar-refractivity contribution >= 4 is 39.0 Å². The highest BCUT2D eigenvalue weighted by molar-refractivity contribution is 7.16. The number of fused-ring (bicyclic) bond motifs is 1. The van der Waals surface area contributed by atoms with Crippen molar-refractivity contribution in [2.24, 2.45) is 0 Å². The first kappa shape index (κ1) is 30.0. The molecular weight excluding hydrogens is 564 g/mol. The minimum Gasteiger partial charge on any atom is -0.506 e. The molecule has 3 aromatic rings. The van der Waals surface area contributed by atoms with Gasteiger partial charge in [-0.25, -0.2) is 4.79 Å². The van der Waals surface area contributed by atoms with Gasteiger partial charge in [0, 0.05) is 49.7 Å². The van der Waals surface area contributed by atoms with E-state index in [1.165, 1.54) is 15.8 Å². The lowest BCUT2D eigenvalue weighted by atomic mass is 9.90. The van der Waals surface area contributed by atoms with E-state index in [1.807, 2.05) is 20.8 Å². The Hall–Kier alpha value is -2.48. The van der Waals surface area contributed by atoms with Gasteiger partial charge in [-0.2, -0.15) is 0 Å². The topological polar surface area (TPSA) is 127 Å². The van der Waals surface area contributed by atoms with Crippen LogP contribution in [0.2, 0.25) is 0 Å². The highest BCUT2D eigenvalue weighted by Crippen LogP contribution is 2.32. The largest absolute Gasteiger partial charge is 0.506 e. The summed E-state index contributed by atoms with van der Waals surface area (Å²) in [7, 11) is 0. The summed E-state index contributed by atoms with van der Waals surface area (Å²) in [4.78, 5) is 32.7. The molecule has 2 aromatic heterocycles. The lowest BCUT2D eigenvalue weighted by Gasteiger charge is -2.44. The molecule has 0 saturated carbocycles. The smallest absolute Gasteiger partial charge is 0.410 e. The van der Waals surface area contributed by atoms with Gasteiger partial charge in [-0.3, -0.25) is 9.69 Å². The number of nitrogens with zero attached hydrogens (tertiary/aromatic N) is 2. The van der Waals surface area contributed by atoms with Crippen molar-refractivity contribution in [3.63, 3.8) is 0 Å². The van der Waals surface area contributed by atoms with Gasteiger partial charge < -0.3 is 34.9 Å². The monoisotopic (exact) mass is 604 g/mol. The Bertz CT molecular complexity index is 1390. The molecule has 5 rings (SSSR count). The van der Waals surface area contributed by atoms with Crippen molar-refractivity contribution in [3.05, 3.63) is 49.3 Å². The molecular formula is C29H40N4O6S2. The highest BCUT2D eigenvalue weighted by atomic mass is 32.1. The second-order valence-electron chi connectivity index (χ2n) is 12.0. The maximum absolute atomic E-state index is 13.1. The van der Waals surface area contributed by atoms with Crippen molar-refractivity contribution in [1.82, 2.24) is 20.1 Å². The molecule has 4 heterocycles. The van der Waals surface area contributed by atoms with Gasteiger partial charge in [0.15, 0.2) is 0 Å². The maximum atomic E-state index is 13.1. The van der Waals surface area contributed by atoms with E-state index in [9.17, 15) is 19.8 Å². The Morgan fingerprint density at radius 2 is 2.07 bits per heavy atom. The van der Waals surface area contributed by atoms with Gasteiger partial charge in [0.1, 0.15) is 16.9 Å². The van der Waals surface area contributed by atoms with Crippen molar-refractivity contribution < 1.29 is 24.5 Å². The number of aliphatic hydroxyl groups excluding tert-OH is 1. The molecule has 0 bridgehead atoms. The summed E-state index contributed by atoms with van der Waals surface area (Å²) in [6.45, 7) is 11.4. The summed E-state index contributed by atoms with van der Waals surface area (Å²) < 4.78 is 12.3. The minimum atomic E-state index is -1.07. The Balaban J connectivity index is 1.22. The fraction of sp³-hybridized carbons (Fsp3) is 0.586. The number of ether oxygens (including phenoxy) is 2. The van der Waals surface area contributed by atoms with Crippen molar-refractivity contribution in [1.29, 1.82) is 0 Å². The van der Waals surface area contributed by atoms with E-state index in [0.29, 0.717) is 23.2 Å². The van der Waals surface area contributed by atoms with Gasteiger partial charge in [0.2, 0.25) is 0 Å². The van der Waals surface area contributed by atoms with Crippen LogP contribution >= 0.6 is 22.7 Å². The van der Waals surface area contributed by atoms with Crippen molar-refractivity contribution in [2.45, 2.75) is 63.9 Å². The number of H-pyrrole nitrogens is 1. The standard InChI is InChI=1S/C29H40N4O6S2/c1-28(2,3)39-27(37)33(16-23(35)21-4-5-22(34)24-25(21)41-26(36)31-24)10-6-19-14-20(40-17-19)15-32-11-7-29(8-12-32)18-30-9-13-38-29/h4-5,14,17,23,30,34-35H,6-13,15-16,18H2,1-3H3,(H,31,36)/t23-/m0/s1. The van der Waals surface area contributed by atoms with Gasteiger partial charge in [0.25, 0.3) is 0 Å². The van der Waals surface area contributed by atoms with Crippen LogP contribution in [-0.4, -0.2) is 88.2 Å². The second kappa shape index (κ2) is 12.4. The van der Waals surface area contributed by atoms with Crippen LogP contribution in [0.5, 0.6) is 5.75 Å². The normalized spacial score (nSPS) is 18.5. The first-order valence-electron chi connectivity index (χ1n) is 14.1. The number of piperidine rings is 1. The van der Waals surface area contributed by atoms with Crippen LogP contribution in [-0.2, 0) is 22.4 Å². The van der Waals surface area contributed by atoms with Gasteiger partial charge in [-0.05, 0) is 63.1 Å². The number of rotatable bonds is 8. The fourth-order valence-corrected chi connectivity index (χ4v) is 7.35. The van der Waals surface area contributed by atoms with Crippen LogP contribution in [0.1, 0.15) is 55.7 Å². The Kier molecular flexibility index (Phi) is 9.07. The minimum absolute atomic E-state index is 0.00398. The predicted molar refractivity (Wildman–Crippen MR) is 161 cm³/mol. The number of thiazole rings is 1. The molecule has 1 aromatic carbocycles. The Labute approximate surface area is 247 Å². The molecule has 1 amide bonds. The molecule has 1 atom stereocenters. The molecule has 41 heavy (non-hydrogen) atoms. The number of carbonyl (C=O) groups is 1. The van der Waals surface area contributed by atoms with Crippen LogP contribution in [0.4, 0.5) is 4.79 Å². The molecule has 2 aliphatic rings. The number of likely N-dealkylation sites (tertiary alicyclic amines) is 1. The Morgan fingerprint density at radius 3 is 2.78 bits per heavy atom. The van der Waals surface area contributed by atoms with E-state index < -0.39 is 17.8 Å². The average molecular weight is 605 g/mol. The van der Waals surface area contributed by atoms with E-state index in [4.69, 9.17) is 9.47 Å². The number of aliphatic hydroxyl groups is 1. The third-order valence-corrected chi connectivity index (χ3v) is 9.55. The zero-order valence-electron chi connectivity index (χ0n) is 23.9. The zero-order valence-corrected chi connectivity index (χ0v) is 25.5. The summed E-state index contributed by atoms with van der Waals surface area (Å²) in [5.74, 6) is -0.0602. The van der Waals surface area contributed by atoms with Crippen molar-refractivity contribution in [2.75, 3.05) is 45.9 Å². The number of amides is 1. The van der Waals surface area contributed by atoms with Gasteiger partial charge >= 0.3 is 11.0 Å². The predicted octanol–water partition coefficient (Wildman–Crippen LogP) is 3.82.